The van der Waals surface area contributed by atoms with E-state index in [1.807, 2.05) is 24.3 Å². The lowest BCUT2D eigenvalue weighted by Gasteiger charge is -2.42. The van der Waals surface area contributed by atoms with Crippen molar-refractivity contribution in [3.8, 4) is 0 Å². The van der Waals surface area contributed by atoms with Crippen LogP contribution in [0.4, 0.5) is 0 Å². The molecule has 0 atom stereocenters. The van der Waals surface area contributed by atoms with Gasteiger partial charge >= 0.3 is 5.97 Å². The van der Waals surface area contributed by atoms with Gasteiger partial charge in [-0.15, -0.1) is 0 Å². The molecule has 0 aliphatic heterocycles. The predicted octanol–water partition coefficient (Wildman–Crippen LogP) is 8.12. The zero-order valence-corrected chi connectivity index (χ0v) is 21.1. The summed E-state index contributed by atoms with van der Waals surface area (Å²) in [5.74, 6) is -0.237. The quantitative estimate of drug-likeness (QED) is 0.251. The standard InChI is InChI=1S/C30H40O2/c1-8-10-17-32-28(31)24-13-11-22(12-14-24)18-21(3)25-20-27-26(19-23(25)9-2)29(4,5)15-16-30(27,6)7/h11-14,18-20H,8-10,15-17H2,1-7H3/b21-18+. The smallest absolute Gasteiger partial charge is 0.338 e. The number of hydrogen-bond acceptors (Lipinski definition) is 2. The number of carbonyl (C=O) groups excluding carboxylic acids is 1. The maximum atomic E-state index is 12.2. The van der Waals surface area contributed by atoms with Gasteiger partial charge in [0.2, 0.25) is 0 Å². The van der Waals surface area contributed by atoms with Gasteiger partial charge in [0.15, 0.2) is 0 Å². The fourth-order valence-electron chi connectivity index (χ4n) is 4.75. The van der Waals surface area contributed by atoms with Gasteiger partial charge in [-0.3, -0.25) is 0 Å². The highest BCUT2D eigenvalue weighted by Gasteiger charge is 2.37. The molecule has 2 nitrogen and oxygen atoms in total. The lowest BCUT2D eigenvalue weighted by molar-refractivity contribution is 0.0499. The number of ether oxygens (including phenoxy) is 1. The number of benzene rings is 2. The molecule has 172 valence electrons. The summed E-state index contributed by atoms with van der Waals surface area (Å²) < 4.78 is 5.32. The van der Waals surface area contributed by atoms with Gasteiger partial charge in [0.25, 0.3) is 0 Å². The highest BCUT2D eigenvalue weighted by atomic mass is 16.5. The van der Waals surface area contributed by atoms with Crippen molar-refractivity contribution in [3.63, 3.8) is 0 Å². The minimum absolute atomic E-state index is 0.200. The Morgan fingerprint density at radius 1 is 0.969 bits per heavy atom. The lowest BCUT2D eigenvalue weighted by Crippen LogP contribution is -2.34. The first-order valence-corrected chi connectivity index (χ1v) is 12.2. The summed E-state index contributed by atoms with van der Waals surface area (Å²) in [5, 5.41) is 0. The maximum absolute atomic E-state index is 12.2. The van der Waals surface area contributed by atoms with E-state index in [-0.39, 0.29) is 16.8 Å². The van der Waals surface area contributed by atoms with Crippen molar-refractivity contribution in [1.29, 1.82) is 0 Å². The third kappa shape index (κ3) is 5.17. The fourth-order valence-corrected chi connectivity index (χ4v) is 4.75. The summed E-state index contributed by atoms with van der Waals surface area (Å²) in [6, 6.07) is 12.7. The number of esters is 1. The predicted molar refractivity (Wildman–Crippen MR) is 136 cm³/mol. The number of rotatable bonds is 7. The van der Waals surface area contributed by atoms with Crippen LogP contribution in [0.5, 0.6) is 0 Å². The molecule has 0 aromatic heterocycles. The van der Waals surface area contributed by atoms with E-state index >= 15 is 0 Å². The van der Waals surface area contributed by atoms with Crippen LogP contribution in [-0.2, 0) is 22.0 Å². The van der Waals surface area contributed by atoms with Crippen molar-refractivity contribution < 1.29 is 9.53 Å². The maximum Gasteiger partial charge on any atom is 0.338 e. The third-order valence-electron chi connectivity index (χ3n) is 7.14. The monoisotopic (exact) mass is 432 g/mol. The molecule has 0 amide bonds. The molecule has 2 aromatic rings. The zero-order chi connectivity index (χ0) is 23.5. The summed E-state index contributed by atoms with van der Waals surface area (Å²) in [6.07, 6.45) is 7.63. The van der Waals surface area contributed by atoms with Crippen molar-refractivity contribution in [2.75, 3.05) is 6.61 Å². The van der Waals surface area contributed by atoms with E-state index in [4.69, 9.17) is 4.74 Å². The molecule has 32 heavy (non-hydrogen) atoms. The molecule has 0 heterocycles. The van der Waals surface area contributed by atoms with Crippen molar-refractivity contribution in [2.45, 2.75) is 91.4 Å². The van der Waals surface area contributed by atoms with Crippen LogP contribution in [0.2, 0.25) is 0 Å². The molecule has 0 N–H and O–H groups in total. The molecule has 1 aliphatic rings. The molecular weight excluding hydrogens is 392 g/mol. The van der Waals surface area contributed by atoms with Crippen LogP contribution in [0, 0.1) is 0 Å². The number of fused-ring (bicyclic) bond motifs is 1. The highest BCUT2D eigenvalue weighted by molar-refractivity contribution is 5.90. The van der Waals surface area contributed by atoms with E-state index in [0.717, 1.165) is 24.8 Å². The average Bonchev–Trinajstić information content (AvgIpc) is 2.76. The fraction of sp³-hybridized carbons (Fsp3) is 0.500. The van der Waals surface area contributed by atoms with Crippen LogP contribution in [0.15, 0.2) is 36.4 Å². The van der Waals surface area contributed by atoms with Crippen LogP contribution in [0.3, 0.4) is 0 Å². The second-order valence-electron chi connectivity index (χ2n) is 10.6. The Kier molecular flexibility index (Phi) is 7.32. The van der Waals surface area contributed by atoms with E-state index in [2.05, 4.69) is 66.7 Å². The molecule has 0 fully saturated rings. The highest BCUT2D eigenvalue weighted by Crippen LogP contribution is 2.47. The van der Waals surface area contributed by atoms with Crippen molar-refractivity contribution in [1.82, 2.24) is 0 Å². The van der Waals surface area contributed by atoms with Crippen molar-refractivity contribution >= 4 is 17.6 Å². The Labute approximate surface area is 195 Å². The van der Waals surface area contributed by atoms with Gasteiger partial charge in [-0.25, -0.2) is 4.79 Å². The molecule has 0 bridgehead atoms. The number of hydrogen-bond donors (Lipinski definition) is 0. The summed E-state index contributed by atoms with van der Waals surface area (Å²) in [5.41, 5.74) is 9.20. The van der Waals surface area contributed by atoms with Crippen LogP contribution < -0.4 is 0 Å². The summed E-state index contributed by atoms with van der Waals surface area (Å²) >= 11 is 0. The molecule has 2 aromatic carbocycles. The molecule has 2 heteroatoms. The Hall–Kier alpha value is -2.35. The Morgan fingerprint density at radius 2 is 1.56 bits per heavy atom. The zero-order valence-electron chi connectivity index (χ0n) is 21.1. The van der Waals surface area contributed by atoms with E-state index < -0.39 is 0 Å². The molecule has 1 aliphatic carbocycles. The topological polar surface area (TPSA) is 26.3 Å². The first-order chi connectivity index (χ1) is 15.1. The second-order valence-corrected chi connectivity index (χ2v) is 10.6. The second kappa shape index (κ2) is 9.65. The van der Waals surface area contributed by atoms with Gasteiger partial charge in [0.1, 0.15) is 0 Å². The third-order valence-corrected chi connectivity index (χ3v) is 7.14. The minimum Gasteiger partial charge on any atom is -0.462 e. The normalized spacial score (nSPS) is 17.0. The van der Waals surface area contributed by atoms with Crippen LogP contribution in [0.1, 0.15) is 112 Å². The number of aryl methyl sites for hydroxylation is 1. The largest absolute Gasteiger partial charge is 0.462 e. The Bertz CT molecular complexity index is 990. The minimum atomic E-state index is -0.237. The molecule has 3 rings (SSSR count). The SMILES string of the molecule is CCCCOC(=O)c1ccc(/C=C(\C)c2cc3c(cc2CC)C(C)(C)CCC3(C)C)cc1. The first-order valence-electron chi connectivity index (χ1n) is 12.2. The Balaban J connectivity index is 1.92. The van der Waals surface area contributed by atoms with E-state index in [0.29, 0.717) is 12.2 Å². The first kappa shape index (κ1) is 24.3. The molecule has 0 saturated carbocycles. The van der Waals surface area contributed by atoms with Gasteiger partial charge in [0.05, 0.1) is 12.2 Å². The summed E-state index contributed by atoms with van der Waals surface area (Å²) in [6.45, 7) is 16.6. The van der Waals surface area contributed by atoms with Crippen molar-refractivity contribution in [3.05, 3.63) is 69.8 Å². The van der Waals surface area contributed by atoms with Gasteiger partial charge in [-0.1, -0.05) is 78.3 Å². The van der Waals surface area contributed by atoms with Crippen LogP contribution in [-0.4, -0.2) is 12.6 Å². The average molecular weight is 433 g/mol. The lowest BCUT2D eigenvalue weighted by atomic mass is 9.62. The van der Waals surface area contributed by atoms with E-state index in [1.165, 1.54) is 40.7 Å². The van der Waals surface area contributed by atoms with Crippen molar-refractivity contribution in [2.24, 2.45) is 0 Å². The Morgan fingerprint density at radius 3 is 2.12 bits per heavy atom. The molecule has 0 unspecified atom stereocenters. The van der Waals surface area contributed by atoms with E-state index in [1.54, 1.807) is 0 Å². The summed E-state index contributed by atoms with van der Waals surface area (Å²) in [4.78, 5) is 12.2. The number of carbonyl (C=O) groups is 1. The van der Waals surface area contributed by atoms with Gasteiger partial charge in [-0.2, -0.15) is 0 Å². The van der Waals surface area contributed by atoms with Gasteiger partial charge in [0, 0.05) is 0 Å². The van der Waals surface area contributed by atoms with Gasteiger partial charge < -0.3 is 4.74 Å². The van der Waals surface area contributed by atoms with E-state index in [9.17, 15) is 4.79 Å². The molecule has 0 radical (unpaired) electrons. The van der Waals surface area contributed by atoms with Crippen LogP contribution >= 0.6 is 0 Å². The number of allylic oxidation sites excluding steroid dienone is 1. The summed E-state index contributed by atoms with van der Waals surface area (Å²) in [7, 11) is 0. The number of unbranched alkanes of at least 4 members (excludes halogenated alkanes) is 1. The van der Waals surface area contributed by atoms with Gasteiger partial charge in [-0.05, 0) is 89.0 Å². The molecular formula is C30H40O2. The molecule has 0 saturated heterocycles. The molecule has 0 spiro atoms. The van der Waals surface area contributed by atoms with Crippen LogP contribution in [0.25, 0.3) is 11.6 Å².